The Hall–Kier alpha value is -2.37. The predicted octanol–water partition coefficient (Wildman–Crippen LogP) is 2.82. The minimum Gasteiger partial charge on any atom is -0.481 e. The third kappa shape index (κ3) is 5.68. The van der Waals surface area contributed by atoms with Crippen molar-refractivity contribution in [1.82, 2.24) is 5.32 Å². The third-order valence-corrected chi connectivity index (χ3v) is 3.85. The van der Waals surface area contributed by atoms with Crippen LogP contribution in [0.25, 0.3) is 0 Å². The van der Waals surface area contributed by atoms with Crippen LogP contribution in [0.2, 0.25) is 0 Å². The Kier molecular flexibility index (Phi) is 6.95. The first-order chi connectivity index (χ1) is 11.1. The van der Waals surface area contributed by atoms with Gasteiger partial charge in [0.2, 0.25) is 5.91 Å². The van der Waals surface area contributed by atoms with Gasteiger partial charge in [-0.05, 0) is 50.5 Å². The summed E-state index contributed by atoms with van der Waals surface area (Å²) in [7, 11) is 0. The molecule has 2 amide bonds. The van der Waals surface area contributed by atoms with Crippen LogP contribution in [0.15, 0.2) is 18.2 Å². The third-order valence-electron chi connectivity index (χ3n) is 3.85. The second-order valence-electron chi connectivity index (χ2n) is 6.56. The van der Waals surface area contributed by atoms with E-state index in [0.717, 1.165) is 5.56 Å². The van der Waals surface area contributed by atoms with Gasteiger partial charge in [-0.1, -0.05) is 13.8 Å². The molecular formula is C18H26N2O4. The van der Waals surface area contributed by atoms with Gasteiger partial charge in [0.15, 0.2) is 0 Å². The maximum atomic E-state index is 12.2. The maximum Gasteiger partial charge on any atom is 0.308 e. The molecule has 132 valence electrons. The van der Waals surface area contributed by atoms with Crippen LogP contribution in [0, 0.1) is 18.8 Å². The summed E-state index contributed by atoms with van der Waals surface area (Å²) in [5, 5.41) is 14.5. The molecule has 0 aliphatic heterocycles. The van der Waals surface area contributed by atoms with E-state index in [2.05, 4.69) is 10.6 Å². The number of aliphatic carboxylic acids is 1. The second kappa shape index (κ2) is 8.47. The highest BCUT2D eigenvalue weighted by Gasteiger charge is 2.21. The lowest BCUT2D eigenvalue weighted by Crippen LogP contribution is -2.40. The fourth-order valence-electron chi connectivity index (χ4n) is 2.15. The Morgan fingerprint density at radius 2 is 1.75 bits per heavy atom. The van der Waals surface area contributed by atoms with Crippen LogP contribution in [0.4, 0.5) is 5.69 Å². The van der Waals surface area contributed by atoms with Crippen molar-refractivity contribution in [2.45, 2.75) is 47.1 Å². The molecule has 2 unspecified atom stereocenters. The van der Waals surface area contributed by atoms with Gasteiger partial charge in [0.25, 0.3) is 5.91 Å². The molecule has 3 N–H and O–H groups in total. The zero-order chi connectivity index (χ0) is 18.4. The van der Waals surface area contributed by atoms with Gasteiger partial charge in [0.1, 0.15) is 0 Å². The summed E-state index contributed by atoms with van der Waals surface area (Å²) in [6.45, 7) is 8.96. The van der Waals surface area contributed by atoms with Crippen LogP contribution >= 0.6 is 0 Å². The van der Waals surface area contributed by atoms with Crippen molar-refractivity contribution in [3.05, 3.63) is 29.3 Å². The van der Waals surface area contributed by atoms with Gasteiger partial charge in [0, 0.05) is 23.7 Å². The van der Waals surface area contributed by atoms with Gasteiger partial charge in [-0.15, -0.1) is 0 Å². The quantitative estimate of drug-likeness (QED) is 0.714. The van der Waals surface area contributed by atoms with Crippen molar-refractivity contribution in [2.75, 3.05) is 5.32 Å². The molecular weight excluding hydrogens is 308 g/mol. The Morgan fingerprint density at radius 3 is 2.25 bits per heavy atom. The van der Waals surface area contributed by atoms with Crippen LogP contribution in [0.5, 0.6) is 0 Å². The Bertz CT molecular complexity index is 625. The number of carboxylic acid groups (broad SMARTS) is 1. The number of amides is 2. The van der Waals surface area contributed by atoms with Crippen molar-refractivity contribution in [3.8, 4) is 0 Å². The molecule has 1 aromatic carbocycles. The highest BCUT2D eigenvalue weighted by Crippen LogP contribution is 2.18. The average molecular weight is 334 g/mol. The molecule has 0 bridgehead atoms. The summed E-state index contributed by atoms with van der Waals surface area (Å²) in [6.07, 6.45) is 0.437. The van der Waals surface area contributed by atoms with Crippen LogP contribution < -0.4 is 10.6 Å². The van der Waals surface area contributed by atoms with Crippen LogP contribution in [0.1, 0.15) is 50.0 Å². The topological polar surface area (TPSA) is 95.5 Å². The number of carbonyl (C=O) groups is 3. The zero-order valence-electron chi connectivity index (χ0n) is 14.8. The van der Waals surface area contributed by atoms with Gasteiger partial charge in [-0.2, -0.15) is 0 Å². The molecule has 1 rings (SSSR count). The summed E-state index contributed by atoms with van der Waals surface area (Å²) in [5.41, 5.74) is 1.88. The first-order valence-electron chi connectivity index (χ1n) is 8.06. The number of hydrogen-bond acceptors (Lipinski definition) is 3. The zero-order valence-corrected chi connectivity index (χ0v) is 14.8. The van der Waals surface area contributed by atoms with E-state index in [1.54, 1.807) is 32.0 Å². The van der Waals surface area contributed by atoms with Crippen molar-refractivity contribution >= 4 is 23.5 Å². The number of rotatable bonds is 7. The number of carbonyl (C=O) groups excluding carboxylic acids is 2. The number of carboxylic acids is 1. The van der Waals surface area contributed by atoms with Crippen LogP contribution in [-0.2, 0) is 9.59 Å². The number of hydrogen-bond donors (Lipinski definition) is 3. The summed E-state index contributed by atoms with van der Waals surface area (Å²) in [6, 6.07) is 4.50. The van der Waals surface area contributed by atoms with Gasteiger partial charge in [0.05, 0.1) is 5.92 Å². The lowest BCUT2D eigenvalue weighted by Gasteiger charge is -2.18. The Labute approximate surface area is 142 Å². The van der Waals surface area contributed by atoms with E-state index in [1.807, 2.05) is 20.8 Å². The summed E-state index contributed by atoms with van der Waals surface area (Å²) >= 11 is 0. The molecule has 0 saturated heterocycles. The lowest BCUT2D eigenvalue weighted by molar-refractivity contribution is -0.141. The second-order valence-corrected chi connectivity index (χ2v) is 6.56. The largest absolute Gasteiger partial charge is 0.481 e. The molecule has 6 heteroatoms. The molecule has 0 aliphatic rings. The molecule has 6 nitrogen and oxygen atoms in total. The molecule has 24 heavy (non-hydrogen) atoms. The lowest BCUT2D eigenvalue weighted by atomic mass is 10.0. The Balaban J connectivity index is 2.78. The molecule has 0 radical (unpaired) electrons. The van der Waals surface area contributed by atoms with Gasteiger partial charge in [-0.25, -0.2) is 0 Å². The summed E-state index contributed by atoms with van der Waals surface area (Å²) in [5.74, 6) is -1.76. The SMILES string of the molecule is Cc1cc(C(=O)NC(C)C(C)C(=O)O)ccc1NC(=O)CC(C)C. The molecule has 0 aromatic heterocycles. The minimum absolute atomic E-state index is 0.0609. The van der Waals surface area contributed by atoms with Crippen molar-refractivity contribution < 1.29 is 19.5 Å². The Morgan fingerprint density at radius 1 is 1.12 bits per heavy atom. The van der Waals surface area contributed by atoms with E-state index in [4.69, 9.17) is 5.11 Å². The number of aryl methyl sites for hydroxylation is 1. The molecule has 2 atom stereocenters. The van der Waals surface area contributed by atoms with E-state index in [1.165, 1.54) is 0 Å². The van der Waals surface area contributed by atoms with E-state index >= 15 is 0 Å². The van der Waals surface area contributed by atoms with Gasteiger partial charge >= 0.3 is 5.97 Å². The highest BCUT2D eigenvalue weighted by atomic mass is 16.4. The van der Waals surface area contributed by atoms with Crippen molar-refractivity contribution in [1.29, 1.82) is 0 Å². The molecule has 0 spiro atoms. The number of benzene rings is 1. The summed E-state index contributed by atoms with van der Waals surface area (Å²) < 4.78 is 0. The van der Waals surface area contributed by atoms with Crippen LogP contribution in [-0.4, -0.2) is 28.9 Å². The molecule has 1 aromatic rings. The first-order valence-corrected chi connectivity index (χ1v) is 8.06. The molecule has 0 aliphatic carbocycles. The number of anilines is 1. The highest BCUT2D eigenvalue weighted by molar-refractivity contribution is 5.97. The van der Waals surface area contributed by atoms with E-state index in [0.29, 0.717) is 17.7 Å². The summed E-state index contributed by atoms with van der Waals surface area (Å²) in [4.78, 5) is 35.0. The van der Waals surface area contributed by atoms with E-state index in [9.17, 15) is 14.4 Å². The van der Waals surface area contributed by atoms with Crippen LogP contribution in [0.3, 0.4) is 0 Å². The van der Waals surface area contributed by atoms with Crippen molar-refractivity contribution in [2.24, 2.45) is 11.8 Å². The fourth-order valence-corrected chi connectivity index (χ4v) is 2.15. The normalized spacial score (nSPS) is 13.2. The first kappa shape index (κ1) is 19.7. The minimum atomic E-state index is -0.956. The predicted molar refractivity (Wildman–Crippen MR) is 93.0 cm³/mol. The van der Waals surface area contributed by atoms with Gasteiger partial charge < -0.3 is 15.7 Å². The smallest absolute Gasteiger partial charge is 0.308 e. The number of nitrogens with one attached hydrogen (secondary N) is 2. The van der Waals surface area contributed by atoms with Gasteiger partial charge in [-0.3, -0.25) is 14.4 Å². The maximum absolute atomic E-state index is 12.2. The monoisotopic (exact) mass is 334 g/mol. The average Bonchev–Trinajstić information content (AvgIpc) is 2.47. The molecule has 0 saturated carbocycles. The molecule has 0 heterocycles. The van der Waals surface area contributed by atoms with E-state index in [-0.39, 0.29) is 17.7 Å². The molecule has 0 fully saturated rings. The standard InChI is InChI=1S/C18H26N2O4/c1-10(2)8-16(21)20-15-7-6-14(9-11(15)3)17(22)19-13(5)12(4)18(23)24/h6-7,9-10,12-13H,8H2,1-5H3,(H,19,22)(H,20,21)(H,23,24). The van der Waals surface area contributed by atoms with Crippen molar-refractivity contribution in [3.63, 3.8) is 0 Å². The fraction of sp³-hybridized carbons (Fsp3) is 0.500. The van der Waals surface area contributed by atoms with E-state index < -0.39 is 17.9 Å².